The van der Waals surface area contributed by atoms with Crippen LogP contribution >= 0.6 is 15.9 Å². The van der Waals surface area contributed by atoms with Crippen molar-refractivity contribution in [2.45, 2.75) is 59.1 Å². The molecule has 2 heterocycles. The van der Waals surface area contributed by atoms with Crippen LogP contribution in [0.1, 0.15) is 62.8 Å². The lowest BCUT2D eigenvalue weighted by molar-refractivity contribution is 0.0184. The maximum atomic E-state index is 12.1. The van der Waals surface area contributed by atoms with Crippen molar-refractivity contribution in [3.63, 3.8) is 0 Å². The first-order chi connectivity index (χ1) is 10.6. The summed E-state index contributed by atoms with van der Waals surface area (Å²) in [5.41, 5.74) is 0.941. The Labute approximate surface area is 145 Å². The van der Waals surface area contributed by atoms with Gasteiger partial charge < -0.3 is 9.64 Å². The van der Waals surface area contributed by atoms with Crippen LogP contribution in [-0.4, -0.2) is 45.2 Å². The van der Waals surface area contributed by atoms with Crippen molar-refractivity contribution in [3.8, 4) is 0 Å². The van der Waals surface area contributed by atoms with E-state index in [-0.39, 0.29) is 17.9 Å². The Kier molecular flexibility index (Phi) is 5.18. The lowest BCUT2D eigenvalue weighted by Crippen LogP contribution is -2.42. The molecule has 0 bridgehead atoms. The van der Waals surface area contributed by atoms with Crippen LogP contribution in [0.2, 0.25) is 0 Å². The molecule has 0 atom stereocenters. The fourth-order valence-electron chi connectivity index (χ4n) is 2.70. The fraction of sp³-hybridized carbons (Fsp3) is 0.688. The molecule has 7 heteroatoms. The van der Waals surface area contributed by atoms with E-state index in [9.17, 15) is 9.59 Å². The number of aromatic nitrogens is 2. The van der Waals surface area contributed by atoms with E-state index in [0.717, 1.165) is 23.0 Å². The number of hydrogen-bond donors (Lipinski definition) is 0. The molecule has 1 aliphatic heterocycles. The number of ketones is 1. The molecule has 2 rings (SSSR count). The Balaban J connectivity index is 2.04. The fourth-order valence-corrected chi connectivity index (χ4v) is 3.24. The summed E-state index contributed by atoms with van der Waals surface area (Å²) >= 11 is 3.45. The Morgan fingerprint density at radius 1 is 1.26 bits per heavy atom. The molecule has 1 saturated heterocycles. The molecule has 1 fully saturated rings. The molecular weight excluding hydrogens is 362 g/mol. The first kappa shape index (κ1) is 18.0. The number of likely N-dealkylation sites (tertiary alicyclic amines) is 1. The number of amides is 1. The lowest BCUT2D eigenvalue weighted by Gasteiger charge is -2.33. The highest BCUT2D eigenvalue weighted by Gasteiger charge is 2.29. The molecule has 1 aliphatic rings. The van der Waals surface area contributed by atoms with Crippen molar-refractivity contribution in [1.29, 1.82) is 0 Å². The molecule has 0 aromatic carbocycles. The van der Waals surface area contributed by atoms with Gasteiger partial charge in [0.05, 0.1) is 16.2 Å². The van der Waals surface area contributed by atoms with Gasteiger partial charge in [-0.05, 0) is 56.5 Å². The Hall–Kier alpha value is -1.37. The molecule has 0 spiro atoms. The van der Waals surface area contributed by atoms with Crippen molar-refractivity contribution >= 4 is 27.8 Å². The average molecular weight is 386 g/mol. The van der Waals surface area contributed by atoms with Gasteiger partial charge in [0.2, 0.25) is 0 Å². The van der Waals surface area contributed by atoms with Crippen LogP contribution in [0.4, 0.5) is 4.79 Å². The maximum absolute atomic E-state index is 12.1. The van der Waals surface area contributed by atoms with E-state index in [2.05, 4.69) is 21.0 Å². The van der Waals surface area contributed by atoms with Gasteiger partial charge in [0, 0.05) is 20.0 Å². The molecule has 23 heavy (non-hydrogen) atoms. The summed E-state index contributed by atoms with van der Waals surface area (Å²) in [7, 11) is 0. The van der Waals surface area contributed by atoms with Crippen LogP contribution in [0.3, 0.4) is 0 Å². The summed E-state index contributed by atoms with van der Waals surface area (Å²) < 4.78 is 8.08. The Bertz CT molecular complexity index is 611. The number of nitrogens with zero attached hydrogens (tertiary/aromatic N) is 3. The molecule has 0 aliphatic carbocycles. The monoisotopic (exact) mass is 385 g/mol. The van der Waals surface area contributed by atoms with Gasteiger partial charge in [0.1, 0.15) is 11.3 Å². The smallest absolute Gasteiger partial charge is 0.410 e. The van der Waals surface area contributed by atoms with Gasteiger partial charge in [0.15, 0.2) is 5.78 Å². The van der Waals surface area contributed by atoms with E-state index in [0.29, 0.717) is 18.8 Å². The van der Waals surface area contributed by atoms with Crippen LogP contribution in [-0.2, 0) is 4.74 Å². The maximum Gasteiger partial charge on any atom is 0.410 e. The SMILES string of the molecule is CC(=O)c1nn(C2CCN(C(=O)OC(C)(C)C)CC2)c(C)c1Br. The van der Waals surface area contributed by atoms with Crippen molar-refractivity contribution in [2.24, 2.45) is 0 Å². The Morgan fingerprint density at radius 3 is 2.26 bits per heavy atom. The number of ether oxygens (including phenoxy) is 1. The second kappa shape index (κ2) is 6.63. The Morgan fingerprint density at radius 2 is 1.83 bits per heavy atom. The quantitative estimate of drug-likeness (QED) is 0.727. The lowest BCUT2D eigenvalue weighted by atomic mass is 10.1. The van der Waals surface area contributed by atoms with Crippen LogP contribution in [0.25, 0.3) is 0 Å². The zero-order valence-electron chi connectivity index (χ0n) is 14.4. The number of piperidine rings is 1. The predicted molar refractivity (Wildman–Crippen MR) is 90.7 cm³/mol. The van der Waals surface area contributed by atoms with Crippen LogP contribution in [0, 0.1) is 6.92 Å². The first-order valence-corrected chi connectivity index (χ1v) is 8.63. The normalized spacial score (nSPS) is 16.5. The minimum atomic E-state index is -0.478. The molecule has 0 radical (unpaired) electrons. The van der Waals surface area contributed by atoms with E-state index in [1.807, 2.05) is 32.4 Å². The van der Waals surface area contributed by atoms with Gasteiger partial charge >= 0.3 is 6.09 Å². The van der Waals surface area contributed by atoms with E-state index in [1.165, 1.54) is 6.92 Å². The van der Waals surface area contributed by atoms with Crippen molar-refractivity contribution in [2.75, 3.05) is 13.1 Å². The summed E-state index contributed by atoms with van der Waals surface area (Å²) in [6, 6.07) is 0.193. The number of carbonyl (C=O) groups excluding carboxylic acids is 2. The van der Waals surface area contributed by atoms with Gasteiger partial charge in [-0.25, -0.2) is 4.79 Å². The van der Waals surface area contributed by atoms with Crippen molar-refractivity contribution in [1.82, 2.24) is 14.7 Å². The molecule has 128 valence electrons. The second-order valence-corrected chi connectivity index (χ2v) is 7.74. The molecular formula is C16H24BrN3O3. The number of carbonyl (C=O) groups is 2. The predicted octanol–water partition coefficient (Wildman–Crippen LogP) is 3.73. The number of hydrogen-bond acceptors (Lipinski definition) is 4. The summed E-state index contributed by atoms with van der Waals surface area (Å²) in [6.07, 6.45) is 1.33. The zero-order chi connectivity index (χ0) is 17.4. The largest absolute Gasteiger partial charge is 0.444 e. The van der Waals surface area contributed by atoms with E-state index < -0.39 is 5.60 Å². The van der Waals surface area contributed by atoms with Crippen LogP contribution < -0.4 is 0 Å². The van der Waals surface area contributed by atoms with E-state index in [4.69, 9.17) is 4.74 Å². The molecule has 6 nitrogen and oxygen atoms in total. The number of rotatable bonds is 2. The minimum Gasteiger partial charge on any atom is -0.444 e. The van der Waals surface area contributed by atoms with Crippen molar-refractivity contribution in [3.05, 3.63) is 15.9 Å². The molecule has 1 amide bonds. The molecule has 1 aromatic rings. The molecule has 0 saturated carbocycles. The summed E-state index contributed by atoms with van der Waals surface area (Å²) in [4.78, 5) is 25.5. The van der Waals surface area contributed by atoms with Gasteiger partial charge in [-0.3, -0.25) is 9.48 Å². The number of Topliss-reactive ketones (excluding diaryl/α,β-unsaturated/α-hetero) is 1. The summed E-state index contributed by atoms with van der Waals surface area (Å²) in [5, 5.41) is 4.45. The molecule has 0 unspecified atom stereocenters. The molecule has 1 aromatic heterocycles. The van der Waals surface area contributed by atoms with Gasteiger partial charge in [-0.2, -0.15) is 5.10 Å². The van der Waals surface area contributed by atoms with Gasteiger partial charge in [-0.15, -0.1) is 0 Å². The topological polar surface area (TPSA) is 64.4 Å². The van der Waals surface area contributed by atoms with E-state index >= 15 is 0 Å². The van der Waals surface area contributed by atoms with Gasteiger partial charge in [0.25, 0.3) is 0 Å². The first-order valence-electron chi connectivity index (χ1n) is 7.83. The zero-order valence-corrected chi connectivity index (χ0v) is 15.9. The number of halogens is 1. The second-order valence-electron chi connectivity index (χ2n) is 6.95. The summed E-state index contributed by atoms with van der Waals surface area (Å²) in [6.45, 7) is 10.3. The van der Waals surface area contributed by atoms with Crippen molar-refractivity contribution < 1.29 is 14.3 Å². The average Bonchev–Trinajstić information content (AvgIpc) is 2.74. The third kappa shape index (κ3) is 4.13. The molecule has 0 N–H and O–H groups in total. The minimum absolute atomic E-state index is 0.0510. The van der Waals surface area contributed by atoms with Crippen LogP contribution in [0.5, 0.6) is 0 Å². The third-order valence-electron chi connectivity index (χ3n) is 3.87. The highest BCUT2D eigenvalue weighted by molar-refractivity contribution is 9.10. The van der Waals surface area contributed by atoms with E-state index in [1.54, 1.807) is 4.90 Å². The highest BCUT2D eigenvalue weighted by atomic mass is 79.9. The third-order valence-corrected chi connectivity index (χ3v) is 4.82. The van der Waals surface area contributed by atoms with Crippen LogP contribution in [0.15, 0.2) is 4.47 Å². The highest BCUT2D eigenvalue weighted by Crippen LogP contribution is 2.29. The standard InChI is InChI=1S/C16H24BrN3O3/c1-10-13(17)14(11(2)21)18-20(10)12-6-8-19(9-7-12)15(22)23-16(3,4)5/h12H,6-9H2,1-5H3. The summed E-state index contributed by atoms with van der Waals surface area (Å²) in [5.74, 6) is -0.0510. The van der Waals surface area contributed by atoms with Gasteiger partial charge in [-0.1, -0.05) is 0 Å².